The van der Waals surface area contributed by atoms with Gasteiger partial charge in [0.25, 0.3) is 0 Å². The van der Waals surface area contributed by atoms with Crippen molar-refractivity contribution in [3.05, 3.63) is 46.7 Å². The highest BCUT2D eigenvalue weighted by Crippen LogP contribution is 2.21. The zero-order chi connectivity index (χ0) is 14.0. The first-order chi connectivity index (χ1) is 8.97. The number of nitrogens with one attached hydrogen (secondary N) is 1. The second-order valence-corrected chi connectivity index (χ2v) is 4.26. The number of rotatable bonds is 4. The predicted molar refractivity (Wildman–Crippen MR) is 64.5 cm³/mol. The molecule has 102 valence electrons. The molecular weight excluding hydrogens is 254 g/mol. The third-order valence-electron chi connectivity index (χ3n) is 2.75. The molecule has 2 N–H and O–H groups in total. The van der Waals surface area contributed by atoms with E-state index in [9.17, 15) is 8.78 Å². The highest BCUT2D eigenvalue weighted by Gasteiger charge is 2.10. The van der Waals surface area contributed by atoms with Crippen molar-refractivity contribution in [3.8, 4) is 5.75 Å². The Kier molecular flexibility index (Phi) is 3.80. The Bertz CT molecular complexity index is 554. The molecular formula is C13H14F2N2O2. The monoisotopic (exact) mass is 268 g/mol. The lowest BCUT2D eigenvalue weighted by molar-refractivity contribution is 0.394. The first-order valence-electron chi connectivity index (χ1n) is 5.78. The molecule has 1 aromatic carbocycles. The van der Waals surface area contributed by atoms with Crippen molar-refractivity contribution >= 4 is 0 Å². The lowest BCUT2D eigenvalue weighted by Gasteiger charge is -2.04. The summed E-state index contributed by atoms with van der Waals surface area (Å²) in [5.41, 5.74) is 1.21. The number of halogens is 2. The van der Waals surface area contributed by atoms with Crippen molar-refractivity contribution in [1.29, 1.82) is 0 Å². The Balaban J connectivity index is 1.96. The zero-order valence-electron chi connectivity index (χ0n) is 10.6. The summed E-state index contributed by atoms with van der Waals surface area (Å²) in [4.78, 5) is 4.17. The number of oxazole rings is 1. The second-order valence-electron chi connectivity index (χ2n) is 4.26. The molecule has 0 unspecified atom stereocenters. The van der Waals surface area contributed by atoms with E-state index in [-0.39, 0.29) is 6.54 Å². The van der Waals surface area contributed by atoms with Crippen LogP contribution in [0.1, 0.15) is 22.9 Å². The Labute approximate surface area is 109 Å². The Hall–Kier alpha value is -1.95. The number of phenolic OH excluding ortho intramolecular Hbond substituents is 1. The summed E-state index contributed by atoms with van der Waals surface area (Å²) >= 11 is 0. The molecule has 0 amide bonds. The van der Waals surface area contributed by atoms with E-state index in [1.165, 1.54) is 0 Å². The van der Waals surface area contributed by atoms with Crippen LogP contribution < -0.4 is 5.32 Å². The van der Waals surface area contributed by atoms with E-state index >= 15 is 0 Å². The van der Waals surface area contributed by atoms with Crippen LogP contribution >= 0.6 is 0 Å². The van der Waals surface area contributed by atoms with Crippen LogP contribution in [0.5, 0.6) is 5.75 Å². The van der Waals surface area contributed by atoms with Gasteiger partial charge in [0.15, 0.2) is 17.4 Å². The lowest BCUT2D eigenvalue weighted by Crippen LogP contribution is -2.13. The Morgan fingerprint density at radius 2 is 1.84 bits per heavy atom. The fourth-order valence-corrected chi connectivity index (χ4v) is 1.65. The molecule has 6 heteroatoms. The highest BCUT2D eigenvalue weighted by atomic mass is 19.1. The first-order valence-corrected chi connectivity index (χ1v) is 5.78. The molecule has 19 heavy (non-hydrogen) atoms. The van der Waals surface area contributed by atoms with E-state index < -0.39 is 17.4 Å². The molecule has 0 spiro atoms. The van der Waals surface area contributed by atoms with Crippen LogP contribution in [0.4, 0.5) is 8.78 Å². The van der Waals surface area contributed by atoms with Gasteiger partial charge < -0.3 is 14.8 Å². The van der Waals surface area contributed by atoms with Gasteiger partial charge in [0.1, 0.15) is 5.76 Å². The average molecular weight is 268 g/mol. The van der Waals surface area contributed by atoms with Crippen molar-refractivity contribution in [2.75, 3.05) is 0 Å². The molecule has 0 atom stereocenters. The number of hydrogen-bond donors (Lipinski definition) is 2. The number of nitrogens with zero attached hydrogens (tertiary/aromatic N) is 1. The number of aromatic hydroxyl groups is 1. The molecule has 0 saturated heterocycles. The van der Waals surface area contributed by atoms with Crippen LogP contribution in [-0.2, 0) is 13.1 Å². The number of aromatic nitrogens is 1. The van der Waals surface area contributed by atoms with Crippen molar-refractivity contribution in [1.82, 2.24) is 10.3 Å². The predicted octanol–water partition coefficient (Wildman–Crippen LogP) is 2.57. The van der Waals surface area contributed by atoms with Gasteiger partial charge in [0.05, 0.1) is 12.2 Å². The quantitative estimate of drug-likeness (QED) is 0.894. The summed E-state index contributed by atoms with van der Waals surface area (Å²) in [7, 11) is 0. The van der Waals surface area contributed by atoms with Crippen LogP contribution in [-0.4, -0.2) is 10.1 Å². The fraction of sp³-hybridized carbons (Fsp3) is 0.308. The largest absolute Gasteiger partial charge is 0.503 e. The van der Waals surface area contributed by atoms with Gasteiger partial charge in [0.2, 0.25) is 5.89 Å². The molecule has 2 aromatic rings. The molecule has 4 nitrogen and oxygen atoms in total. The molecule has 0 saturated carbocycles. The van der Waals surface area contributed by atoms with Gasteiger partial charge >= 0.3 is 0 Å². The summed E-state index contributed by atoms with van der Waals surface area (Å²) in [6.07, 6.45) is 0. The van der Waals surface area contributed by atoms with Crippen LogP contribution in [0.25, 0.3) is 0 Å². The Morgan fingerprint density at radius 3 is 2.37 bits per heavy atom. The summed E-state index contributed by atoms with van der Waals surface area (Å²) in [5, 5.41) is 11.9. The minimum absolute atomic E-state index is 0.245. The van der Waals surface area contributed by atoms with E-state index in [0.29, 0.717) is 18.0 Å². The molecule has 0 fully saturated rings. The third-order valence-corrected chi connectivity index (χ3v) is 2.75. The average Bonchev–Trinajstić information content (AvgIpc) is 2.65. The van der Waals surface area contributed by atoms with Crippen LogP contribution in [0.2, 0.25) is 0 Å². The summed E-state index contributed by atoms with van der Waals surface area (Å²) in [6.45, 7) is 4.26. The summed E-state index contributed by atoms with van der Waals surface area (Å²) in [6, 6.07) is 2.16. The summed E-state index contributed by atoms with van der Waals surface area (Å²) < 4.78 is 31.6. The van der Waals surface area contributed by atoms with Gasteiger partial charge in [-0.25, -0.2) is 13.8 Å². The molecule has 1 heterocycles. The lowest BCUT2D eigenvalue weighted by atomic mass is 10.2. The second kappa shape index (κ2) is 5.36. The third kappa shape index (κ3) is 3.08. The topological polar surface area (TPSA) is 58.3 Å². The standard InChI is InChI=1S/C13H14F2N2O2/c1-7-8(2)19-12(17-7)6-16-5-9-3-10(14)13(18)11(15)4-9/h3-4,16,18H,5-6H2,1-2H3. The fourth-order valence-electron chi connectivity index (χ4n) is 1.65. The van der Waals surface area contributed by atoms with Crippen molar-refractivity contribution in [2.24, 2.45) is 0 Å². The molecule has 0 aliphatic rings. The van der Waals surface area contributed by atoms with Gasteiger partial charge in [-0.3, -0.25) is 0 Å². The van der Waals surface area contributed by atoms with Gasteiger partial charge in [-0.1, -0.05) is 0 Å². The maximum atomic E-state index is 13.1. The normalized spacial score (nSPS) is 10.9. The number of benzene rings is 1. The van der Waals surface area contributed by atoms with Crippen LogP contribution in [0.15, 0.2) is 16.5 Å². The SMILES string of the molecule is Cc1nc(CNCc2cc(F)c(O)c(F)c2)oc1C. The first kappa shape index (κ1) is 13.5. The molecule has 0 radical (unpaired) electrons. The van der Waals surface area contributed by atoms with Crippen molar-refractivity contribution in [3.63, 3.8) is 0 Å². The van der Waals surface area contributed by atoms with Gasteiger partial charge in [-0.15, -0.1) is 0 Å². The van der Waals surface area contributed by atoms with Gasteiger partial charge in [0, 0.05) is 6.54 Å². The van der Waals surface area contributed by atoms with Gasteiger partial charge in [-0.05, 0) is 31.5 Å². The van der Waals surface area contributed by atoms with E-state index in [1.54, 1.807) is 0 Å². The van der Waals surface area contributed by atoms with E-state index in [4.69, 9.17) is 9.52 Å². The van der Waals surface area contributed by atoms with E-state index in [1.807, 2.05) is 13.8 Å². The summed E-state index contributed by atoms with van der Waals surface area (Å²) in [5.74, 6) is -1.63. The van der Waals surface area contributed by atoms with Gasteiger partial charge in [-0.2, -0.15) is 0 Å². The van der Waals surface area contributed by atoms with Crippen LogP contribution in [0, 0.1) is 25.5 Å². The van der Waals surface area contributed by atoms with E-state index in [2.05, 4.69) is 10.3 Å². The molecule has 0 bridgehead atoms. The molecule has 0 aliphatic carbocycles. The molecule has 2 rings (SSSR count). The smallest absolute Gasteiger partial charge is 0.208 e. The number of hydrogen-bond acceptors (Lipinski definition) is 4. The number of aryl methyl sites for hydroxylation is 2. The van der Waals surface area contributed by atoms with Crippen LogP contribution in [0.3, 0.4) is 0 Å². The maximum absolute atomic E-state index is 13.1. The highest BCUT2D eigenvalue weighted by molar-refractivity contribution is 5.29. The maximum Gasteiger partial charge on any atom is 0.208 e. The molecule has 1 aromatic heterocycles. The van der Waals surface area contributed by atoms with Crippen molar-refractivity contribution in [2.45, 2.75) is 26.9 Å². The Morgan fingerprint density at radius 1 is 1.21 bits per heavy atom. The van der Waals surface area contributed by atoms with E-state index in [0.717, 1.165) is 23.6 Å². The van der Waals surface area contributed by atoms with Crippen molar-refractivity contribution < 1.29 is 18.3 Å². The zero-order valence-corrected chi connectivity index (χ0v) is 10.6. The minimum Gasteiger partial charge on any atom is -0.503 e. The minimum atomic E-state index is -0.973. The molecule has 0 aliphatic heterocycles. The number of phenols is 1.